The first-order valence-corrected chi connectivity index (χ1v) is 12.0. The second-order valence-electron chi connectivity index (χ2n) is 7.32. The lowest BCUT2D eigenvalue weighted by molar-refractivity contribution is 0.460. The molecule has 1 saturated carbocycles. The molecule has 0 aliphatic heterocycles. The molecule has 6 nitrogen and oxygen atoms in total. The summed E-state index contributed by atoms with van der Waals surface area (Å²) in [5.74, 6) is 1.95. The van der Waals surface area contributed by atoms with Gasteiger partial charge in [0.25, 0.3) is 0 Å². The minimum atomic E-state index is 0. The van der Waals surface area contributed by atoms with Crippen molar-refractivity contribution in [3.8, 4) is 0 Å². The first-order valence-electron chi connectivity index (χ1n) is 10.4. The first kappa shape index (κ1) is 25.3. The van der Waals surface area contributed by atoms with Crippen molar-refractivity contribution in [2.75, 3.05) is 26.4 Å². The van der Waals surface area contributed by atoms with E-state index in [1.165, 1.54) is 31.2 Å². The highest BCUT2D eigenvalue weighted by Crippen LogP contribution is 2.33. The van der Waals surface area contributed by atoms with Crippen LogP contribution in [0.5, 0.6) is 0 Å². The van der Waals surface area contributed by atoms with E-state index in [9.17, 15) is 0 Å². The second kappa shape index (κ2) is 13.4. The molecule has 1 fully saturated rings. The van der Waals surface area contributed by atoms with E-state index < -0.39 is 0 Å². The van der Waals surface area contributed by atoms with Crippen LogP contribution in [0, 0.1) is 0 Å². The third kappa shape index (κ3) is 7.30. The second-order valence-corrected chi connectivity index (χ2v) is 8.53. The van der Waals surface area contributed by atoms with Crippen LogP contribution in [0.3, 0.4) is 0 Å². The molecular formula is C21H32ClIN6S. The molecule has 0 radical (unpaired) electrons. The molecule has 0 saturated heterocycles. The van der Waals surface area contributed by atoms with Crippen molar-refractivity contribution < 1.29 is 0 Å². The average molecular weight is 563 g/mol. The first-order chi connectivity index (χ1) is 14.2. The summed E-state index contributed by atoms with van der Waals surface area (Å²) in [5, 5.41) is 17.5. The molecule has 1 aromatic carbocycles. The van der Waals surface area contributed by atoms with Gasteiger partial charge in [0.15, 0.2) is 11.1 Å². The molecule has 1 aromatic heterocycles. The summed E-state index contributed by atoms with van der Waals surface area (Å²) in [7, 11) is 1.80. The quantitative estimate of drug-likeness (QED) is 0.152. The van der Waals surface area contributed by atoms with Crippen LogP contribution in [0.1, 0.15) is 49.5 Å². The van der Waals surface area contributed by atoms with E-state index in [0.29, 0.717) is 6.04 Å². The molecule has 0 bridgehead atoms. The van der Waals surface area contributed by atoms with Crippen LogP contribution in [0.25, 0.3) is 0 Å². The van der Waals surface area contributed by atoms with Crippen LogP contribution in [0.4, 0.5) is 0 Å². The number of aromatic nitrogens is 3. The maximum atomic E-state index is 6.04. The number of nitrogens with one attached hydrogen (secondary N) is 2. The number of nitrogens with zero attached hydrogens (tertiary/aromatic N) is 4. The smallest absolute Gasteiger partial charge is 0.191 e. The molecule has 30 heavy (non-hydrogen) atoms. The Balaban J connectivity index is 0.00000320. The van der Waals surface area contributed by atoms with Gasteiger partial charge in [-0.05, 0) is 49.6 Å². The Morgan fingerprint density at radius 3 is 2.67 bits per heavy atom. The van der Waals surface area contributed by atoms with Crippen LogP contribution in [-0.2, 0) is 12.8 Å². The van der Waals surface area contributed by atoms with Crippen LogP contribution >= 0.6 is 47.3 Å². The Hall–Kier alpha value is -1.000. The Kier molecular flexibility index (Phi) is 11.3. The van der Waals surface area contributed by atoms with E-state index in [2.05, 4.69) is 42.7 Å². The Labute approximate surface area is 206 Å². The third-order valence-corrected chi connectivity index (χ3v) is 6.17. The minimum absolute atomic E-state index is 0. The highest BCUT2D eigenvalue weighted by atomic mass is 127. The zero-order valence-corrected chi connectivity index (χ0v) is 21.6. The Morgan fingerprint density at radius 2 is 1.97 bits per heavy atom. The Morgan fingerprint density at radius 1 is 1.20 bits per heavy atom. The van der Waals surface area contributed by atoms with Crippen LogP contribution < -0.4 is 10.6 Å². The average Bonchev–Trinajstić information content (AvgIpc) is 3.39. The standard InChI is InChI=1S/C21H31ClN6S.HI/c1-23-20(25-14-12-16-7-5-8-17(22)15-16)24-13-6-11-19-26-27-21(29-2)28(19)18-9-3-4-10-18;/h5,7-8,15,18H,3-4,6,9-14H2,1-2H3,(H2,23,24,25);1H. The third-order valence-electron chi connectivity index (χ3n) is 5.30. The van der Waals surface area contributed by atoms with E-state index in [1.807, 2.05) is 18.2 Å². The highest BCUT2D eigenvalue weighted by Gasteiger charge is 2.23. The molecule has 0 atom stereocenters. The number of rotatable bonds is 9. The minimum Gasteiger partial charge on any atom is -0.356 e. The van der Waals surface area contributed by atoms with Gasteiger partial charge in [-0.15, -0.1) is 34.2 Å². The zero-order chi connectivity index (χ0) is 20.5. The van der Waals surface area contributed by atoms with E-state index in [-0.39, 0.29) is 24.0 Å². The number of halogens is 2. The van der Waals surface area contributed by atoms with Gasteiger partial charge in [-0.3, -0.25) is 4.99 Å². The molecule has 1 aliphatic carbocycles. The van der Waals surface area contributed by atoms with Crippen molar-refractivity contribution in [2.24, 2.45) is 4.99 Å². The van der Waals surface area contributed by atoms with Crippen LogP contribution in [-0.4, -0.2) is 47.1 Å². The molecule has 0 spiro atoms. The van der Waals surface area contributed by atoms with Gasteiger partial charge in [-0.1, -0.05) is 48.3 Å². The van der Waals surface area contributed by atoms with Gasteiger partial charge >= 0.3 is 0 Å². The number of aryl methyl sites for hydroxylation is 1. The highest BCUT2D eigenvalue weighted by molar-refractivity contribution is 14.0. The summed E-state index contributed by atoms with van der Waals surface area (Å²) in [4.78, 5) is 4.31. The summed E-state index contributed by atoms with van der Waals surface area (Å²) >= 11 is 7.74. The van der Waals surface area contributed by atoms with Crippen molar-refractivity contribution >= 4 is 53.3 Å². The predicted octanol–water partition coefficient (Wildman–Crippen LogP) is 4.73. The fourth-order valence-electron chi connectivity index (χ4n) is 3.84. The maximum absolute atomic E-state index is 6.04. The summed E-state index contributed by atoms with van der Waals surface area (Å²) in [6.45, 7) is 1.66. The van der Waals surface area contributed by atoms with E-state index in [4.69, 9.17) is 11.6 Å². The zero-order valence-electron chi connectivity index (χ0n) is 17.7. The number of guanidine groups is 1. The number of hydrogen-bond donors (Lipinski definition) is 2. The summed E-state index contributed by atoms with van der Waals surface area (Å²) in [5.41, 5.74) is 1.22. The van der Waals surface area contributed by atoms with Crippen molar-refractivity contribution in [1.82, 2.24) is 25.4 Å². The number of aliphatic imine (C=N–C) groups is 1. The van der Waals surface area contributed by atoms with E-state index in [0.717, 1.165) is 54.3 Å². The van der Waals surface area contributed by atoms with E-state index >= 15 is 0 Å². The fourth-order valence-corrected chi connectivity index (χ4v) is 4.62. The fraction of sp³-hybridized carbons (Fsp3) is 0.571. The molecule has 166 valence electrons. The van der Waals surface area contributed by atoms with Gasteiger partial charge in [0.2, 0.25) is 0 Å². The molecule has 3 rings (SSSR count). The van der Waals surface area contributed by atoms with Gasteiger partial charge in [0.1, 0.15) is 5.82 Å². The lowest BCUT2D eigenvalue weighted by Crippen LogP contribution is -2.38. The molecule has 0 unspecified atom stereocenters. The molecule has 9 heteroatoms. The number of thioether (sulfide) groups is 1. The van der Waals surface area contributed by atoms with Gasteiger partial charge in [-0.25, -0.2) is 0 Å². The summed E-state index contributed by atoms with van der Waals surface area (Å²) in [6.07, 6.45) is 10.0. The Bertz CT molecular complexity index is 807. The van der Waals surface area contributed by atoms with Crippen molar-refractivity contribution in [3.63, 3.8) is 0 Å². The number of hydrogen-bond acceptors (Lipinski definition) is 4. The van der Waals surface area contributed by atoms with Crippen LogP contribution in [0.15, 0.2) is 34.4 Å². The van der Waals surface area contributed by atoms with E-state index in [1.54, 1.807) is 18.8 Å². The molecule has 1 aliphatic rings. The monoisotopic (exact) mass is 562 g/mol. The predicted molar refractivity (Wildman–Crippen MR) is 138 cm³/mol. The molecular weight excluding hydrogens is 531 g/mol. The normalized spacial score (nSPS) is 14.6. The summed E-state index contributed by atoms with van der Waals surface area (Å²) in [6, 6.07) is 8.55. The largest absolute Gasteiger partial charge is 0.356 e. The van der Waals surface area contributed by atoms with Crippen LogP contribution in [0.2, 0.25) is 5.02 Å². The topological polar surface area (TPSA) is 67.1 Å². The molecule has 2 N–H and O–H groups in total. The van der Waals surface area contributed by atoms with Gasteiger partial charge in [-0.2, -0.15) is 0 Å². The molecule has 0 amide bonds. The SMILES string of the molecule is CN=C(NCCCc1nnc(SC)n1C1CCCC1)NCCc1cccc(Cl)c1.I. The summed E-state index contributed by atoms with van der Waals surface area (Å²) < 4.78 is 2.38. The van der Waals surface area contributed by atoms with Crippen molar-refractivity contribution in [2.45, 2.75) is 56.1 Å². The van der Waals surface area contributed by atoms with Crippen molar-refractivity contribution in [1.29, 1.82) is 0 Å². The lowest BCUT2D eigenvalue weighted by Gasteiger charge is -2.16. The maximum Gasteiger partial charge on any atom is 0.191 e. The molecule has 1 heterocycles. The number of benzene rings is 1. The van der Waals surface area contributed by atoms with Gasteiger partial charge < -0.3 is 15.2 Å². The van der Waals surface area contributed by atoms with Gasteiger partial charge in [0.05, 0.1) is 0 Å². The lowest BCUT2D eigenvalue weighted by atomic mass is 10.1. The van der Waals surface area contributed by atoms with Crippen molar-refractivity contribution in [3.05, 3.63) is 40.7 Å². The van der Waals surface area contributed by atoms with Gasteiger partial charge in [0, 0.05) is 37.6 Å². The molecule has 2 aromatic rings.